The van der Waals surface area contributed by atoms with E-state index in [1.807, 2.05) is 6.92 Å². The van der Waals surface area contributed by atoms with Gasteiger partial charge in [-0.15, -0.1) is 5.69 Å². The average Bonchev–Trinajstić information content (AvgIpc) is 2.51. The van der Waals surface area contributed by atoms with Crippen LogP contribution < -0.4 is 4.98 Å². The number of aliphatic imine (C=N–C) groups is 1. The van der Waals surface area contributed by atoms with E-state index in [1.54, 1.807) is 19.2 Å². The van der Waals surface area contributed by atoms with Crippen molar-refractivity contribution in [3.8, 4) is 0 Å². The molecule has 0 atom stereocenters. The topological polar surface area (TPSA) is 43.5 Å². The molecule has 1 rings (SSSR count). The molecule has 0 N–H and O–H groups in total. The van der Waals surface area contributed by atoms with Crippen molar-refractivity contribution < 1.29 is 23.4 Å². The van der Waals surface area contributed by atoms with E-state index in [0.29, 0.717) is 5.69 Å². The fourth-order valence-electron chi connectivity index (χ4n) is 0.874. The predicted octanol–water partition coefficient (Wildman–Crippen LogP) is 1.28. The molecule has 3 nitrogen and oxygen atoms in total. The zero-order valence-electron chi connectivity index (χ0n) is 7.90. The van der Waals surface area contributed by atoms with Crippen molar-refractivity contribution in [2.75, 3.05) is 7.05 Å². The number of rotatable bonds is 2. The van der Waals surface area contributed by atoms with E-state index in [2.05, 4.69) is 9.98 Å². The van der Waals surface area contributed by atoms with E-state index in [4.69, 9.17) is 0 Å². The Hall–Kier alpha value is -0.796. The Labute approximate surface area is 89.5 Å². The van der Waals surface area contributed by atoms with Crippen LogP contribution in [0.3, 0.4) is 0 Å². The van der Waals surface area contributed by atoms with E-state index in [0.717, 1.165) is 11.4 Å². The first kappa shape index (κ1) is 12.2. The van der Waals surface area contributed by atoms with Gasteiger partial charge in [-0.05, 0) is 13.8 Å². The van der Waals surface area contributed by atoms with Crippen LogP contribution in [0, 0.1) is 0 Å². The fourth-order valence-corrected chi connectivity index (χ4v) is 0.874. The molecule has 0 fully saturated rings. The summed E-state index contributed by atoms with van der Waals surface area (Å²) in [5.41, 5.74) is 2.14. The van der Waals surface area contributed by atoms with Gasteiger partial charge < -0.3 is 4.98 Å². The molecule has 69 valence electrons. The van der Waals surface area contributed by atoms with Crippen LogP contribution in [-0.2, 0) is 18.6 Å². The van der Waals surface area contributed by atoms with E-state index in [-0.39, 0.29) is 24.3 Å². The SMILES string of the molecule is CN=C(C)c1ccc(C(C)=O)[n-]1.[V]. The summed E-state index contributed by atoms with van der Waals surface area (Å²) in [7, 11) is 1.71. The standard InChI is InChI=1S/C9H12N2O.V/c1-6(10-3)8-4-5-9(11-8)7(2)12;/h4-5H,1-3H3,(H,10,11,12);/p-1. The molecule has 1 aromatic heterocycles. The van der Waals surface area contributed by atoms with E-state index >= 15 is 0 Å². The van der Waals surface area contributed by atoms with Gasteiger partial charge in [0.05, 0.1) is 0 Å². The van der Waals surface area contributed by atoms with Gasteiger partial charge in [0.2, 0.25) is 0 Å². The first-order chi connectivity index (χ1) is 5.65. The maximum atomic E-state index is 10.9. The van der Waals surface area contributed by atoms with Gasteiger partial charge >= 0.3 is 0 Å². The van der Waals surface area contributed by atoms with E-state index in [1.165, 1.54) is 6.92 Å². The van der Waals surface area contributed by atoms with Crippen LogP contribution in [0.25, 0.3) is 0 Å². The zero-order valence-corrected chi connectivity index (χ0v) is 9.30. The summed E-state index contributed by atoms with van der Waals surface area (Å²) in [6, 6.07) is 3.52. The molecule has 0 saturated heterocycles. The summed E-state index contributed by atoms with van der Waals surface area (Å²) < 4.78 is 0. The van der Waals surface area contributed by atoms with Gasteiger partial charge in [0.15, 0.2) is 0 Å². The first-order valence-electron chi connectivity index (χ1n) is 3.73. The molecule has 0 bridgehead atoms. The van der Waals surface area contributed by atoms with Crippen LogP contribution >= 0.6 is 0 Å². The van der Waals surface area contributed by atoms with Gasteiger partial charge in [0.1, 0.15) is 5.78 Å². The summed E-state index contributed by atoms with van der Waals surface area (Å²) in [5.74, 6) is -0.00912. The van der Waals surface area contributed by atoms with Crippen molar-refractivity contribution in [1.82, 2.24) is 4.98 Å². The number of carbonyl (C=O) groups is 1. The Morgan fingerprint density at radius 3 is 2.23 bits per heavy atom. The second kappa shape index (κ2) is 5.05. The van der Waals surface area contributed by atoms with E-state index in [9.17, 15) is 4.79 Å². The van der Waals surface area contributed by atoms with Gasteiger partial charge in [0.25, 0.3) is 0 Å². The van der Waals surface area contributed by atoms with Crippen molar-refractivity contribution in [3.05, 3.63) is 23.5 Å². The molecular formula is C9H11N2OV-. The minimum Gasteiger partial charge on any atom is -0.654 e. The smallest absolute Gasteiger partial charge is 0.138 e. The predicted molar refractivity (Wildman–Crippen MR) is 47.9 cm³/mol. The zero-order chi connectivity index (χ0) is 9.14. The average molecular weight is 214 g/mol. The Kier molecular flexibility index (Phi) is 4.74. The third-order valence-electron chi connectivity index (χ3n) is 1.71. The summed E-state index contributed by atoms with van der Waals surface area (Å²) in [4.78, 5) is 18.9. The number of carbonyl (C=O) groups excluding carboxylic acids is 1. The number of Topliss-reactive ketones (excluding diaryl/α,β-unsaturated/α-hetero) is 1. The Balaban J connectivity index is 0.00000144. The van der Waals surface area contributed by atoms with Crippen molar-refractivity contribution >= 4 is 11.5 Å². The second-order valence-electron chi connectivity index (χ2n) is 2.58. The first-order valence-corrected chi connectivity index (χ1v) is 3.73. The number of hydrogen-bond acceptors (Lipinski definition) is 2. The molecule has 0 spiro atoms. The third-order valence-corrected chi connectivity index (χ3v) is 1.71. The molecule has 0 amide bonds. The van der Waals surface area contributed by atoms with Gasteiger partial charge in [-0.1, -0.05) is 17.8 Å². The van der Waals surface area contributed by atoms with E-state index < -0.39 is 0 Å². The summed E-state index contributed by atoms with van der Waals surface area (Å²) in [6.07, 6.45) is 0. The fraction of sp³-hybridized carbons (Fsp3) is 0.333. The number of nitrogens with zero attached hydrogens (tertiary/aromatic N) is 2. The van der Waals surface area contributed by atoms with Crippen LogP contribution in [0.15, 0.2) is 17.1 Å². The van der Waals surface area contributed by atoms with Gasteiger partial charge in [-0.25, -0.2) is 0 Å². The van der Waals surface area contributed by atoms with Crippen LogP contribution in [0.4, 0.5) is 0 Å². The van der Waals surface area contributed by atoms with Gasteiger partial charge in [-0.2, -0.15) is 0 Å². The normalized spacial score (nSPS) is 10.8. The number of aromatic nitrogens is 1. The molecular weight excluding hydrogens is 203 g/mol. The van der Waals surface area contributed by atoms with Crippen LogP contribution in [0.5, 0.6) is 0 Å². The molecule has 0 saturated carbocycles. The van der Waals surface area contributed by atoms with Crippen molar-refractivity contribution in [1.29, 1.82) is 0 Å². The minimum atomic E-state index is -0.00912. The quantitative estimate of drug-likeness (QED) is 0.549. The minimum absolute atomic E-state index is 0. The van der Waals surface area contributed by atoms with Crippen LogP contribution in [-0.4, -0.2) is 18.5 Å². The Morgan fingerprint density at radius 1 is 1.31 bits per heavy atom. The summed E-state index contributed by atoms with van der Waals surface area (Å²) in [6.45, 7) is 3.37. The van der Waals surface area contributed by atoms with Gasteiger partial charge in [0, 0.05) is 31.3 Å². The Bertz CT molecular complexity index is 328. The van der Waals surface area contributed by atoms with Crippen molar-refractivity contribution in [2.24, 2.45) is 4.99 Å². The molecule has 13 heavy (non-hydrogen) atoms. The van der Waals surface area contributed by atoms with Crippen LogP contribution in [0.1, 0.15) is 30.0 Å². The molecule has 0 aliphatic rings. The molecule has 0 aliphatic carbocycles. The summed E-state index contributed by atoms with van der Waals surface area (Å²) >= 11 is 0. The Morgan fingerprint density at radius 2 is 1.85 bits per heavy atom. The molecule has 1 heterocycles. The molecule has 1 aromatic rings. The van der Waals surface area contributed by atoms with Crippen molar-refractivity contribution in [2.45, 2.75) is 13.8 Å². The second-order valence-corrected chi connectivity index (χ2v) is 2.58. The number of ketones is 1. The molecule has 0 aromatic carbocycles. The maximum absolute atomic E-state index is 10.9. The van der Waals surface area contributed by atoms with Crippen LogP contribution in [0.2, 0.25) is 0 Å². The monoisotopic (exact) mass is 214 g/mol. The molecule has 4 heteroatoms. The van der Waals surface area contributed by atoms with Crippen molar-refractivity contribution in [3.63, 3.8) is 0 Å². The number of hydrogen-bond donors (Lipinski definition) is 0. The molecule has 0 aliphatic heterocycles. The third kappa shape index (κ3) is 2.86. The largest absolute Gasteiger partial charge is 0.654 e. The maximum Gasteiger partial charge on any atom is 0.138 e. The molecule has 0 unspecified atom stereocenters. The molecule has 1 radical (unpaired) electrons. The summed E-state index contributed by atoms with van der Waals surface area (Å²) in [5, 5.41) is 0. The van der Waals surface area contributed by atoms with Gasteiger partial charge in [-0.3, -0.25) is 9.79 Å².